The molecular weight excluding hydrogens is 270 g/mol. The number of rotatable bonds is 5. The Hall–Kier alpha value is -2.08. The maximum atomic E-state index is 11.7. The van der Waals surface area contributed by atoms with Crippen molar-refractivity contribution in [1.82, 2.24) is 10.6 Å². The Morgan fingerprint density at radius 1 is 1.48 bits per heavy atom. The molecule has 1 aromatic carbocycles. The molecule has 1 atom stereocenters. The molecule has 1 aliphatic carbocycles. The average molecular weight is 289 g/mol. The number of benzene rings is 1. The molecule has 0 aromatic heterocycles. The molecule has 3 rings (SSSR count). The second-order valence-corrected chi connectivity index (χ2v) is 5.54. The van der Waals surface area contributed by atoms with Crippen molar-refractivity contribution in [2.24, 2.45) is 0 Å². The van der Waals surface area contributed by atoms with Crippen LogP contribution in [-0.4, -0.2) is 31.0 Å². The summed E-state index contributed by atoms with van der Waals surface area (Å²) in [4.78, 5) is 23.0. The lowest BCUT2D eigenvalue weighted by atomic mass is 10.1. The molecule has 1 saturated carbocycles. The number of nitrogens with one attached hydrogen (secondary N) is 3. The van der Waals surface area contributed by atoms with Crippen molar-refractivity contribution < 1.29 is 14.3 Å². The number of hydrogen-bond acceptors (Lipinski definition) is 4. The molecular formula is C15H19N3O3. The van der Waals surface area contributed by atoms with Crippen molar-refractivity contribution in [3.8, 4) is 5.75 Å². The topological polar surface area (TPSA) is 79.5 Å². The summed E-state index contributed by atoms with van der Waals surface area (Å²) in [5.74, 6) is 0.556. The van der Waals surface area contributed by atoms with Crippen LogP contribution in [0, 0.1) is 0 Å². The van der Waals surface area contributed by atoms with Crippen molar-refractivity contribution in [3.63, 3.8) is 0 Å². The van der Waals surface area contributed by atoms with Gasteiger partial charge in [0.2, 0.25) is 5.91 Å². The second kappa shape index (κ2) is 5.73. The third-order valence-electron chi connectivity index (χ3n) is 3.65. The molecule has 6 nitrogen and oxygen atoms in total. The molecule has 112 valence electrons. The molecule has 0 saturated heterocycles. The molecule has 0 radical (unpaired) electrons. The third-order valence-corrected chi connectivity index (χ3v) is 3.65. The monoisotopic (exact) mass is 289 g/mol. The SMILES string of the molecule is CC(NCC(=O)NC1CC1)c1ccc2c(c1)NC(=O)CO2. The molecule has 2 aliphatic rings. The first kappa shape index (κ1) is 13.9. The smallest absolute Gasteiger partial charge is 0.262 e. The van der Waals surface area contributed by atoms with E-state index in [1.807, 2.05) is 25.1 Å². The fourth-order valence-corrected chi connectivity index (χ4v) is 2.24. The van der Waals surface area contributed by atoms with E-state index < -0.39 is 0 Å². The zero-order chi connectivity index (χ0) is 14.8. The van der Waals surface area contributed by atoms with Crippen LogP contribution in [0.5, 0.6) is 5.75 Å². The van der Waals surface area contributed by atoms with E-state index in [0.29, 0.717) is 17.5 Å². The van der Waals surface area contributed by atoms with Crippen LogP contribution in [0.1, 0.15) is 31.4 Å². The molecule has 0 bridgehead atoms. The van der Waals surface area contributed by atoms with Crippen molar-refractivity contribution in [2.45, 2.75) is 31.8 Å². The largest absolute Gasteiger partial charge is 0.482 e. The van der Waals surface area contributed by atoms with Crippen LogP contribution in [0.3, 0.4) is 0 Å². The number of amides is 2. The average Bonchev–Trinajstić information content (AvgIpc) is 3.27. The maximum absolute atomic E-state index is 11.7. The first-order valence-electron chi connectivity index (χ1n) is 7.21. The van der Waals surface area contributed by atoms with Crippen molar-refractivity contribution in [1.29, 1.82) is 0 Å². The van der Waals surface area contributed by atoms with Gasteiger partial charge in [0.05, 0.1) is 12.2 Å². The van der Waals surface area contributed by atoms with E-state index in [9.17, 15) is 9.59 Å². The highest BCUT2D eigenvalue weighted by Crippen LogP contribution is 2.30. The molecule has 1 aliphatic heterocycles. The zero-order valence-corrected chi connectivity index (χ0v) is 11.9. The van der Waals surface area contributed by atoms with E-state index in [1.165, 1.54) is 0 Å². The third kappa shape index (κ3) is 3.52. The lowest BCUT2D eigenvalue weighted by molar-refractivity contribution is -0.120. The van der Waals surface area contributed by atoms with E-state index in [-0.39, 0.29) is 31.0 Å². The molecule has 0 spiro atoms. The van der Waals surface area contributed by atoms with Crippen LogP contribution >= 0.6 is 0 Å². The van der Waals surface area contributed by atoms with Gasteiger partial charge in [-0.25, -0.2) is 0 Å². The summed E-state index contributed by atoms with van der Waals surface area (Å²) in [6, 6.07) is 6.05. The minimum absolute atomic E-state index is 0.0130. The molecule has 6 heteroatoms. The van der Waals surface area contributed by atoms with Gasteiger partial charge < -0.3 is 20.7 Å². The van der Waals surface area contributed by atoms with Gasteiger partial charge in [-0.2, -0.15) is 0 Å². The van der Waals surface area contributed by atoms with Crippen LogP contribution in [0.25, 0.3) is 0 Å². The summed E-state index contributed by atoms with van der Waals surface area (Å²) in [6.07, 6.45) is 2.18. The van der Waals surface area contributed by atoms with Gasteiger partial charge in [0.25, 0.3) is 5.91 Å². The number of ether oxygens (including phenoxy) is 1. The Kier molecular flexibility index (Phi) is 3.79. The molecule has 1 unspecified atom stereocenters. The normalized spacial score (nSPS) is 18.2. The van der Waals surface area contributed by atoms with Gasteiger partial charge in [-0.15, -0.1) is 0 Å². The summed E-state index contributed by atoms with van der Waals surface area (Å²) in [5.41, 5.74) is 1.68. The van der Waals surface area contributed by atoms with Gasteiger partial charge >= 0.3 is 0 Å². The Balaban J connectivity index is 1.58. The van der Waals surface area contributed by atoms with E-state index in [2.05, 4.69) is 16.0 Å². The number of hydrogen-bond donors (Lipinski definition) is 3. The Morgan fingerprint density at radius 3 is 3.05 bits per heavy atom. The minimum atomic E-state index is -0.149. The molecule has 1 aromatic rings. The standard InChI is InChI=1S/C15H19N3O3/c1-9(16-7-14(19)17-11-3-4-11)10-2-5-13-12(6-10)18-15(20)8-21-13/h2,5-6,9,11,16H,3-4,7-8H2,1H3,(H,17,19)(H,18,20). The molecule has 21 heavy (non-hydrogen) atoms. The van der Waals surface area contributed by atoms with E-state index in [1.54, 1.807) is 0 Å². The Bertz CT molecular complexity index is 569. The Morgan fingerprint density at radius 2 is 2.29 bits per heavy atom. The van der Waals surface area contributed by atoms with Crippen LogP contribution in [0.4, 0.5) is 5.69 Å². The minimum Gasteiger partial charge on any atom is -0.482 e. The molecule has 1 heterocycles. The number of carbonyl (C=O) groups excluding carboxylic acids is 2. The van der Waals surface area contributed by atoms with E-state index >= 15 is 0 Å². The van der Waals surface area contributed by atoms with Crippen LogP contribution in [0.15, 0.2) is 18.2 Å². The summed E-state index contributed by atoms with van der Waals surface area (Å²) >= 11 is 0. The summed E-state index contributed by atoms with van der Waals surface area (Å²) in [6.45, 7) is 2.33. The Labute approximate surface area is 123 Å². The summed E-state index contributed by atoms with van der Waals surface area (Å²) in [5, 5.41) is 8.91. The van der Waals surface area contributed by atoms with Gasteiger partial charge in [0.1, 0.15) is 5.75 Å². The molecule has 1 fully saturated rings. The van der Waals surface area contributed by atoms with Crippen molar-refractivity contribution in [3.05, 3.63) is 23.8 Å². The van der Waals surface area contributed by atoms with Crippen LogP contribution < -0.4 is 20.7 Å². The number of anilines is 1. The lowest BCUT2D eigenvalue weighted by Crippen LogP contribution is -2.36. The summed E-state index contributed by atoms with van der Waals surface area (Å²) < 4.78 is 5.32. The second-order valence-electron chi connectivity index (χ2n) is 5.54. The highest BCUT2D eigenvalue weighted by atomic mass is 16.5. The molecule has 2 amide bonds. The van der Waals surface area contributed by atoms with E-state index in [4.69, 9.17) is 4.74 Å². The number of carbonyl (C=O) groups is 2. The van der Waals surface area contributed by atoms with Gasteiger partial charge in [-0.1, -0.05) is 6.07 Å². The van der Waals surface area contributed by atoms with Gasteiger partial charge in [-0.3, -0.25) is 9.59 Å². The fraction of sp³-hybridized carbons (Fsp3) is 0.467. The first-order chi connectivity index (χ1) is 10.1. The number of fused-ring (bicyclic) bond motifs is 1. The maximum Gasteiger partial charge on any atom is 0.262 e. The highest BCUT2D eigenvalue weighted by molar-refractivity contribution is 5.95. The van der Waals surface area contributed by atoms with Gasteiger partial charge in [0, 0.05) is 12.1 Å². The van der Waals surface area contributed by atoms with Gasteiger partial charge in [-0.05, 0) is 37.5 Å². The highest BCUT2D eigenvalue weighted by Gasteiger charge is 2.23. The van der Waals surface area contributed by atoms with E-state index in [0.717, 1.165) is 18.4 Å². The quantitative estimate of drug-likeness (QED) is 0.754. The molecule has 3 N–H and O–H groups in total. The zero-order valence-electron chi connectivity index (χ0n) is 11.9. The summed E-state index contributed by atoms with van der Waals surface area (Å²) in [7, 11) is 0. The predicted molar refractivity (Wildman–Crippen MR) is 78.1 cm³/mol. The predicted octanol–water partition coefficient (Wildman–Crippen LogP) is 0.947. The van der Waals surface area contributed by atoms with Crippen molar-refractivity contribution >= 4 is 17.5 Å². The van der Waals surface area contributed by atoms with Crippen LogP contribution in [0.2, 0.25) is 0 Å². The first-order valence-corrected chi connectivity index (χ1v) is 7.21. The fourth-order valence-electron chi connectivity index (χ4n) is 2.24. The lowest BCUT2D eigenvalue weighted by Gasteiger charge is -2.20. The van der Waals surface area contributed by atoms with Crippen LogP contribution in [-0.2, 0) is 9.59 Å². The van der Waals surface area contributed by atoms with Gasteiger partial charge in [0.15, 0.2) is 6.61 Å². The van der Waals surface area contributed by atoms with Crippen molar-refractivity contribution in [2.75, 3.05) is 18.5 Å².